The Morgan fingerprint density at radius 2 is 1.52 bits per heavy atom. The van der Waals surface area contributed by atoms with E-state index >= 15 is 0 Å². The first-order valence-corrected chi connectivity index (χ1v) is 19.0. The van der Waals surface area contributed by atoms with Crippen LogP contribution < -0.4 is 21.6 Å². The predicted octanol–water partition coefficient (Wildman–Crippen LogP) is 3.59. The molecule has 2 fully saturated rings. The lowest BCUT2D eigenvalue weighted by molar-refractivity contribution is -0.0796. The maximum Gasteiger partial charge on any atom is 0.333 e. The van der Waals surface area contributed by atoms with Gasteiger partial charge in [0.1, 0.15) is 12.2 Å². The average molecular weight is 673 g/mol. The number of rotatable bonds is 13. The SMILES string of the molecule is COCCOC1C(n2cc(C)c(=O)[nH]c2=O)O[C@H](C2CC2P(=O)(OC)OC)[C@@H]1O[Si](c1ccccc1)(c1ccccc1)C(C)(C)C. The second kappa shape index (κ2) is 13.8. The van der Waals surface area contributed by atoms with E-state index in [1.807, 2.05) is 36.4 Å². The highest BCUT2D eigenvalue weighted by Crippen LogP contribution is 2.67. The van der Waals surface area contributed by atoms with Crippen molar-refractivity contribution in [3.8, 4) is 0 Å². The molecule has 1 aliphatic heterocycles. The number of benzene rings is 2. The molecule has 0 radical (unpaired) electrons. The Morgan fingerprint density at radius 3 is 2.04 bits per heavy atom. The zero-order valence-corrected chi connectivity index (χ0v) is 29.4. The van der Waals surface area contributed by atoms with Gasteiger partial charge < -0.3 is 27.7 Å². The molecule has 0 amide bonds. The van der Waals surface area contributed by atoms with Crippen LogP contribution in [0.3, 0.4) is 0 Å². The summed E-state index contributed by atoms with van der Waals surface area (Å²) in [5.74, 6) is -0.271. The second-order valence-corrected chi connectivity index (χ2v) is 19.6. The Hall–Kier alpha value is -2.67. The molecule has 0 spiro atoms. The molecule has 1 aliphatic carbocycles. The summed E-state index contributed by atoms with van der Waals surface area (Å²) in [4.78, 5) is 28.0. The minimum absolute atomic E-state index is 0.203. The average Bonchev–Trinajstić information content (AvgIpc) is 3.78. The number of nitrogens with zero attached hydrogens (tertiary/aromatic N) is 1. The van der Waals surface area contributed by atoms with Gasteiger partial charge in [-0.3, -0.25) is 18.9 Å². The van der Waals surface area contributed by atoms with E-state index in [0.29, 0.717) is 18.6 Å². The first kappa shape index (κ1) is 34.7. The van der Waals surface area contributed by atoms with Crippen LogP contribution in [0.1, 0.15) is 39.0 Å². The van der Waals surface area contributed by atoms with Gasteiger partial charge in [0, 0.05) is 39.0 Å². The number of aryl methyl sites for hydroxylation is 1. The molecule has 0 bridgehead atoms. The lowest BCUT2D eigenvalue weighted by Gasteiger charge is -2.46. The molecule has 1 aromatic heterocycles. The van der Waals surface area contributed by atoms with Crippen LogP contribution in [-0.4, -0.2) is 76.4 Å². The van der Waals surface area contributed by atoms with Gasteiger partial charge in [0.2, 0.25) is 0 Å². The van der Waals surface area contributed by atoms with E-state index in [1.54, 1.807) is 14.0 Å². The van der Waals surface area contributed by atoms with Gasteiger partial charge in [-0.15, -0.1) is 0 Å². The Kier molecular flexibility index (Phi) is 10.4. The second-order valence-electron chi connectivity index (χ2n) is 12.9. The zero-order valence-electron chi connectivity index (χ0n) is 27.5. The summed E-state index contributed by atoms with van der Waals surface area (Å²) in [6.07, 6.45) is -1.12. The van der Waals surface area contributed by atoms with Crippen molar-refractivity contribution < 1.29 is 32.2 Å². The number of ether oxygens (including phenoxy) is 3. The molecule has 2 aromatic carbocycles. The Morgan fingerprint density at radius 1 is 0.935 bits per heavy atom. The molecule has 46 heavy (non-hydrogen) atoms. The third kappa shape index (κ3) is 6.42. The molecule has 1 N–H and O–H groups in total. The highest BCUT2D eigenvalue weighted by Gasteiger charge is 2.64. The van der Waals surface area contributed by atoms with Crippen LogP contribution in [0.2, 0.25) is 5.04 Å². The highest BCUT2D eigenvalue weighted by molar-refractivity contribution is 7.55. The number of H-pyrrole nitrogens is 1. The minimum Gasteiger partial charge on any atom is -0.399 e. The molecule has 5 rings (SSSR count). The van der Waals surface area contributed by atoms with Gasteiger partial charge in [-0.05, 0) is 28.8 Å². The Bertz CT molecular complexity index is 1590. The van der Waals surface area contributed by atoms with Gasteiger partial charge in [-0.25, -0.2) is 4.79 Å². The summed E-state index contributed by atoms with van der Waals surface area (Å²) in [6.45, 7) is 8.68. The van der Waals surface area contributed by atoms with E-state index in [9.17, 15) is 14.2 Å². The van der Waals surface area contributed by atoms with Gasteiger partial charge >= 0.3 is 13.3 Å². The van der Waals surface area contributed by atoms with Crippen molar-refractivity contribution in [1.29, 1.82) is 0 Å². The quantitative estimate of drug-likeness (QED) is 0.165. The number of aromatic amines is 1. The first-order valence-electron chi connectivity index (χ1n) is 15.5. The van der Waals surface area contributed by atoms with Crippen molar-refractivity contribution in [2.75, 3.05) is 34.5 Å². The Balaban J connectivity index is 1.71. The summed E-state index contributed by atoms with van der Waals surface area (Å²) in [5, 5.41) is 1.75. The van der Waals surface area contributed by atoms with Gasteiger partial charge in [0.05, 0.1) is 25.0 Å². The molecule has 250 valence electrons. The van der Waals surface area contributed by atoms with Crippen molar-refractivity contribution in [3.63, 3.8) is 0 Å². The van der Waals surface area contributed by atoms with Crippen LogP contribution in [0.5, 0.6) is 0 Å². The molecule has 6 atom stereocenters. The maximum absolute atomic E-state index is 13.6. The largest absolute Gasteiger partial charge is 0.399 e. The molecule has 1 saturated carbocycles. The normalized spacial score (nSPS) is 25.1. The summed E-state index contributed by atoms with van der Waals surface area (Å²) in [5.41, 5.74) is -1.18. The first-order chi connectivity index (χ1) is 21.9. The summed E-state index contributed by atoms with van der Waals surface area (Å²) in [7, 11) is -2.27. The van der Waals surface area contributed by atoms with Gasteiger partial charge in [0.15, 0.2) is 6.23 Å². The molecular formula is C33H45N2O9PSi. The van der Waals surface area contributed by atoms with Crippen LogP contribution in [-0.2, 0) is 32.2 Å². The summed E-state index contributed by atoms with van der Waals surface area (Å²) >= 11 is 0. The molecule has 2 aliphatic rings. The topological polar surface area (TPSA) is 127 Å². The molecule has 13 heteroatoms. The van der Waals surface area contributed by atoms with Gasteiger partial charge in [-0.1, -0.05) is 81.4 Å². The Labute approximate surface area is 270 Å². The fourth-order valence-electron chi connectivity index (χ4n) is 6.75. The molecule has 1 saturated heterocycles. The van der Waals surface area contributed by atoms with Crippen molar-refractivity contribution in [2.45, 2.75) is 69.4 Å². The molecule has 11 nitrogen and oxygen atoms in total. The van der Waals surface area contributed by atoms with E-state index in [4.69, 9.17) is 27.7 Å². The number of aromatic nitrogens is 2. The van der Waals surface area contributed by atoms with Crippen LogP contribution >= 0.6 is 7.60 Å². The van der Waals surface area contributed by atoms with Crippen molar-refractivity contribution >= 4 is 26.3 Å². The van der Waals surface area contributed by atoms with E-state index < -0.39 is 57.4 Å². The number of hydrogen-bond acceptors (Lipinski definition) is 9. The standard InChI is InChI=1S/C33H45N2O9PSi/c1-22-21-35(32(37)34-30(22)36)31-29(42-19-18-39-5)28(27(43-31)25-20-26(25)45(38,40-6)41-7)44-46(33(2,3)4,23-14-10-8-11-15-23)24-16-12-9-13-17-24/h8-17,21,25-29,31H,18-20H2,1-7H3,(H,34,36,37)/t25?,26?,27-,28+,29?,31?/m1/s1. The van der Waals surface area contributed by atoms with E-state index in [2.05, 4.69) is 50.0 Å². The lowest BCUT2D eigenvalue weighted by atomic mass is 10.1. The van der Waals surface area contributed by atoms with Crippen LogP contribution in [0.4, 0.5) is 0 Å². The fourth-order valence-corrected chi connectivity index (χ4v) is 13.3. The summed E-state index contributed by atoms with van der Waals surface area (Å²) < 4.78 is 52.0. The van der Waals surface area contributed by atoms with Crippen molar-refractivity contribution in [3.05, 3.63) is 93.3 Å². The number of nitrogens with one attached hydrogen (secondary N) is 1. The van der Waals surface area contributed by atoms with Crippen LogP contribution in [0, 0.1) is 12.8 Å². The predicted molar refractivity (Wildman–Crippen MR) is 178 cm³/mol. The smallest absolute Gasteiger partial charge is 0.333 e. The van der Waals surface area contributed by atoms with E-state index in [0.717, 1.165) is 10.4 Å². The molecule has 3 aromatic rings. The summed E-state index contributed by atoms with van der Waals surface area (Å²) in [6, 6.07) is 20.4. The van der Waals surface area contributed by atoms with Gasteiger partial charge in [0.25, 0.3) is 13.9 Å². The third-order valence-corrected chi connectivity index (χ3v) is 16.6. The minimum atomic E-state index is -3.44. The molecule has 4 unspecified atom stereocenters. The number of hydrogen-bond donors (Lipinski definition) is 1. The maximum atomic E-state index is 13.6. The van der Waals surface area contributed by atoms with Crippen molar-refractivity contribution in [2.24, 2.45) is 5.92 Å². The van der Waals surface area contributed by atoms with Crippen LogP contribution in [0.15, 0.2) is 76.4 Å². The van der Waals surface area contributed by atoms with E-state index in [-0.39, 0.29) is 17.6 Å². The number of methoxy groups -OCH3 is 1. The van der Waals surface area contributed by atoms with Crippen molar-refractivity contribution in [1.82, 2.24) is 9.55 Å². The highest BCUT2D eigenvalue weighted by atomic mass is 31.2. The van der Waals surface area contributed by atoms with Crippen LogP contribution in [0.25, 0.3) is 0 Å². The van der Waals surface area contributed by atoms with Gasteiger partial charge in [-0.2, -0.15) is 0 Å². The monoisotopic (exact) mass is 672 g/mol. The van der Waals surface area contributed by atoms with E-state index in [1.165, 1.54) is 25.0 Å². The molecular weight excluding hydrogens is 627 g/mol. The molecule has 2 heterocycles. The lowest BCUT2D eigenvalue weighted by Crippen LogP contribution is -2.69. The fraction of sp³-hybridized carbons (Fsp3) is 0.515. The zero-order chi connectivity index (χ0) is 33.3. The third-order valence-electron chi connectivity index (χ3n) is 9.11.